The summed E-state index contributed by atoms with van der Waals surface area (Å²) >= 11 is 7.62. The standard InChI is InChI=1S/C16H13NS4/c17-9-8-10-4-3-7-13-14(10)21-16(20-13)15-18-11-5-1-2-6-12(11)19-15/h1-7H,8-9,17H2. The van der Waals surface area contributed by atoms with Gasteiger partial charge in [0.25, 0.3) is 0 Å². The number of thioether (sulfide) groups is 4. The first-order valence-electron chi connectivity index (χ1n) is 6.72. The van der Waals surface area contributed by atoms with Crippen molar-refractivity contribution in [1.82, 2.24) is 0 Å². The highest BCUT2D eigenvalue weighted by Crippen LogP contribution is 2.61. The van der Waals surface area contributed by atoms with Crippen molar-refractivity contribution in [2.75, 3.05) is 6.54 Å². The molecule has 0 fully saturated rings. The lowest BCUT2D eigenvalue weighted by atomic mass is 10.1. The summed E-state index contributed by atoms with van der Waals surface area (Å²) < 4.78 is 2.83. The summed E-state index contributed by atoms with van der Waals surface area (Å²) in [5.74, 6) is 0. The maximum atomic E-state index is 5.73. The molecule has 2 aromatic carbocycles. The van der Waals surface area contributed by atoms with E-state index in [0.29, 0.717) is 6.54 Å². The Bertz CT molecular complexity index is 712. The van der Waals surface area contributed by atoms with Crippen molar-refractivity contribution in [2.45, 2.75) is 26.0 Å². The highest BCUT2D eigenvalue weighted by atomic mass is 32.2. The van der Waals surface area contributed by atoms with E-state index in [4.69, 9.17) is 5.73 Å². The van der Waals surface area contributed by atoms with Crippen LogP contribution in [0.1, 0.15) is 5.56 Å². The van der Waals surface area contributed by atoms with Gasteiger partial charge in [-0.15, -0.1) is 0 Å². The fourth-order valence-corrected chi connectivity index (χ4v) is 7.81. The van der Waals surface area contributed by atoms with Gasteiger partial charge in [-0.3, -0.25) is 0 Å². The van der Waals surface area contributed by atoms with Crippen LogP contribution in [0.4, 0.5) is 0 Å². The second-order valence-electron chi connectivity index (χ2n) is 4.71. The molecule has 2 N–H and O–H groups in total. The van der Waals surface area contributed by atoms with Crippen molar-refractivity contribution in [3.63, 3.8) is 0 Å². The van der Waals surface area contributed by atoms with Crippen molar-refractivity contribution in [2.24, 2.45) is 5.73 Å². The second kappa shape index (κ2) is 5.97. The third kappa shape index (κ3) is 2.66. The molecule has 1 nitrogen and oxygen atoms in total. The number of benzene rings is 2. The SMILES string of the molecule is NCCc1cccc2c1SC(=C1Sc3ccccc3S1)S2. The largest absolute Gasteiger partial charge is 0.330 e. The molecule has 5 heteroatoms. The predicted molar refractivity (Wildman–Crippen MR) is 96.1 cm³/mol. The zero-order valence-corrected chi connectivity index (χ0v) is 14.4. The average molecular weight is 348 g/mol. The molecule has 0 spiro atoms. The van der Waals surface area contributed by atoms with Crippen LogP contribution in [0.15, 0.2) is 70.5 Å². The van der Waals surface area contributed by atoms with Crippen LogP contribution in [0, 0.1) is 0 Å². The normalized spacial score (nSPS) is 16.2. The zero-order valence-electron chi connectivity index (χ0n) is 11.2. The van der Waals surface area contributed by atoms with E-state index in [-0.39, 0.29) is 0 Å². The molecule has 0 aromatic heterocycles. The Morgan fingerprint density at radius 1 is 0.714 bits per heavy atom. The first kappa shape index (κ1) is 14.2. The van der Waals surface area contributed by atoms with Gasteiger partial charge in [0.15, 0.2) is 0 Å². The van der Waals surface area contributed by atoms with Crippen molar-refractivity contribution in [3.05, 3.63) is 56.5 Å². The smallest absolute Gasteiger partial charge is 0.0706 e. The van der Waals surface area contributed by atoms with E-state index in [9.17, 15) is 0 Å². The Labute approximate surface area is 141 Å². The molecule has 21 heavy (non-hydrogen) atoms. The minimum atomic E-state index is 0.711. The molecule has 0 amide bonds. The lowest BCUT2D eigenvalue weighted by molar-refractivity contribution is 0.931. The summed E-state index contributed by atoms with van der Waals surface area (Å²) in [4.78, 5) is 5.55. The summed E-state index contributed by atoms with van der Waals surface area (Å²) in [5.41, 5.74) is 7.12. The fourth-order valence-electron chi connectivity index (χ4n) is 2.33. The Morgan fingerprint density at radius 2 is 1.33 bits per heavy atom. The molecule has 0 saturated carbocycles. The van der Waals surface area contributed by atoms with Gasteiger partial charge in [0.05, 0.1) is 8.47 Å². The van der Waals surface area contributed by atoms with Crippen molar-refractivity contribution < 1.29 is 0 Å². The van der Waals surface area contributed by atoms with E-state index in [1.165, 1.54) is 33.6 Å². The third-order valence-corrected chi connectivity index (χ3v) is 9.02. The van der Waals surface area contributed by atoms with Crippen LogP contribution < -0.4 is 5.73 Å². The van der Waals surface area contributed by atoms with Crippen LogP contribution in [0.3, 0.4) is 0 Å². The number of fused-ring (bicyclic) bond motifs is 2. The lowest BCUT2D eigenvalue weighted by Gasteiger charge is -2.04. The Morgan fingerprint density at radius 3 is 2.05 bits per heavy atom. The molecular weight excluding hydrogens is 334 g/mol. The molecule has 0 unspecified atom stereocenters. The molecule has 2 aromatic rings. The number of hydrogen-bond donors (Lipinski definition) is 1. The van der Waals surface area contributed by atoms with Crippen LogP contribution >= 0.6 is 47.0 Å². The van der Waals surface area contributed by atoms with Crippen molar-refractivity contribution >= 4 is 47.0 Å². The molecule has 2 heterocycles. The summed E-state index contributed by atoms with van der Waals surface area (Å²) in [5, 5.41) is 0. The Hall–Kier alpha value is -0.460. The average Bonchev–Trinajstić information content (AvgIpc) is 3.11. The lowest BCUT2D eigenvalue weighted by Crippen LogP contribution is -2.03. The van der Waals surface area contributed by atoms with E-state index in [1.807, 2.05) is 47.0 Å². The summed E-state index contributed by atoms with van der Waals surface area (Å²) in [6.45, 7) is 0.711. The second-order valence-corrected chi connectivity index (χ2v) is 9.41. The summed E-state index contributed by atoms with van der Waals surface area (Å²) in [6, 6.07) is 15.2. The fraction of sp³-hybridized carbons (Fsp3) is 0.125. The first-order chi connectivity index (χ1) is 10.3. The minimum Gasteiger partial charge on any atom is -0.330 e. The minimum absolute atomic E-state index is 0.711. The zero-order chi connectivity index (χ0) is 14.2. The van der Waals surface area contributed by atoms with Crippen LogP contribution in [0.5, 0.6) is 0 Å². The number of hydrogen-bond acceptors (Lipinski definition) is 5. The van der Waals surface area contributed by atoms with Gasteiger partial charge in [0, 0.05) is 19.6 Å². The first-order valence-corrected chi connectivity index (χ1v) is 9.98. The van der Waals surface area contributed by atoms with Gasteiger partial charge in [0.2, 0.25) is 0 Å². The molecule has 0 atom stereocenters. The van der Waals surface area contributed by atoms with Crippen molar-refractivity contribution in [3.8, 4) is 0 Å². The van der Waals surface area contributed by atoms with Gasteiger partial charge in [-0.05, 0) is 36.7 Å². The molecule has 0 bridgehead atoms. The van der Waals surface area contributed by atoms with Crippen LogP contribution in [-0.4, -0.2) is 6.54 Å². The highest BCUT2D eigenvalue weighted by molar-refractivity contribution is 8.30. The Balaban J connectivity index is 1.66. The van der Waals surface area contributed by atoms with Gasteiger partial charge in [-0.1, -0.05) is 71.3 Å². The van der Waals surface area contributed by atoms with E-state index in [2.05, 4.69) is 42.5 Å². The van der Waals surface area contributed by atoms with E-state index >= 15 is 0 Å². The van der Waals surface area contributed by atoms with E-state index in [0.717, 1.165) is 6.42 Å². The highest BCUT2D eigenvalue weighted by Gasteiger charge is 2.27. The quantitative estimate of drug-likeness (QED) is 0.783. The molecule has 0 saturated heterocycles. The predicted octanol–water partition coefficient (Wildman–Crippen LogP) is 5.41. The summed E-state index contributed by atoms with van der Waals surface area (Å²) in [6.07, 6.45) is 0.958. The molecular formula is C16H13NS4. The van der Waals surface area contributed by atoms with Gasteiger partial charge in [0.1, 0.15) is 0 Å². The molecule has 2 aliphatic heterocycles. The third-order valence-electron chi connectivity index (χ3n) is 3.29. The molecule has 0 radical (unpaired) electrons. The van der Waals surface area contributed by atoms with E-state index in [1.54, 1.807) is 0 Å². The number of nitrogens with two attached hydrogens (primary N) is 1. The van der Waals surface area contributed by atoms with Crippen LogP contribution in [-0.2, 0) is 6.42 Å². The molecule has 106 valence electrons. The summed E-state index contributed by atoms with van der Waals surface area (Å²) in [7, 11) is 0. The van der Waals surface area contributed by atoms with Crippen LogP contribution in [0.25, 0.3) is 0 Å². The van der Waals surface area contributed by atoms with Gasteiger partial charge in [-0.25, -0.2) is 0 Å². The molecule has 0 aliphatic carbocycles. The Kier molecular flexibility index (Phi) is 4.02. The van der Waals surface area contributed by atoms with Crippen molar-refractivity contribution in [1.29, 1.82) is 0 Å². The number of rotatable bonds is 2. The van der Waals surface area contributed by atoms with Crippen LogP contribution in [0.2, 0.25) is 0 Å². The van der Waals surface area contributed by atoms with Gasteiger partial charge in [-0.2, -0.15) is 0 Å². The monoisotopic (exact) mass is 347 g/mol. The topological polar surface area (TPSA) is 26.0 Å². The molecule has 2 aliphatic rings. The van der Waals surface area contributed by atoms with Gasteiger partial charge < -0.3 is 5.73 Å². The van der Waals surface area contributed by atoms with Gasteiger partial charge >= 0.3 is 0 Å². The maximum absolute atomic E-state index is 5.73. The maximum Gasteiger partial charge on any atom is 0.0706 e. The molecule has 4 rings (SSSR count). The van der Waals surface area contributed by atoms with E-state index < -0.39 is 0 Å².